The van der Waals surface area contributed by atoms with Gasteiger partial charge in [0.05, 0.1) is 24.2 Å². The molecule has 1 saturated heterocycles. The minimum Gasteiger partial charge on any atom is -0.469 e. The molecule has 0 N–H and O–H groups in total. The second kappa shape index (κ2) is 6.07. The molecule has 2 fully saturated rings. The number of rotatable bonds is 5. The van der Waals surface area contributed by atoms with Crippen molar-refractivity contribution in [2.45, 2.75) is 11.8 Å². The molecule has 2 aromatic rings. The molecule has 1 aliphatic carbocycles. The first-order chi connectivity index (χ1) is 12.8. The second-order valence-corrected chi connectivity index (χ2v) is 9.15. The van der Waals surface area contributed by atoms with Crippen molar-refractivity contribution in [3.05, 3.63) is 60.6 Å². The minimum atomic E-state index is -3.64. The van der Waals surface area contributed by atoms with E-state index >= 15 is 0 Å². The van der Waals surface area contributed by atoms with E-state index in [2.05, 4.69) is 6.58 Å². The van der Waals surface area contributed by atoms with Crippen LogP contribution < -0.4 is 0 Å². The van der Waals surface area contributed by atoms with E-state index in [0.29, 0.717) is 11.3 Å². The van der Waals surface area contributed by atoms with Crippen LogP contribution in [-0.2, 0) is 19.6 Å². The Morgan fingerprint density at radius 2 is 2.00 bits per heavy atom. The number of fused-ring (bicyclic) bond motifs is 1. The first kappa shape index (κ1) is 18.0. The Balaban J connectivity index is 1.67. The monoisotopic (exact) mass is 387 g/mol. The molecule has 6 nitrogen and oxygen atoms in total. The standard InChI is InChI=1S/C20H21NO5S/c1-13-6-8-15(9-7-13)27(23,24)21-11-16-18(19(22)25-3)20(16,12-21)14(2)17-5-4-10-26-17/h4-10,16,18H,2,11-12H2,1,3H3/t16-,18+,20+/m1/s1. The summed E-state index contributed by atoms with van der Waals surface area (Å²) in [5.41, 5.74) is 0.962. The first-order valence-corrected chi connectivity index (χ1v) is 10.1. The summed E-state index contributed by atoms with van der Waals surface area (Å²) in [7, 11) is -2.30. The van der Waals surface area contributed by atoms with Gasteiger partial charge in [-0.3, -0.25) is 4.79 Å². The highest BCUT2D eigenvalue weighted by molar-refractivity contribution is 7.89. The summed E-state index contributed by atoms with van der Waals surface area (Å²) in [6.45, 7) is 6.49. The fraction of sp³-hybridized carbons (Fsp3) is 0.350. The average Bonchev–Trinajstić information content (AvgIpc) is 3.05. The molecule has 1 aromatic carbocycles. The lowest BCUT2D eigenvalue weighted by Gasteiger charge is -2.23. The Bertz CT molecular complexity index is 994. The number of carbonyl (C=O) groups is 1. The van der Waals surface area contributed by atoms with Crippen LogP contribution in [0.1, 0.15) is 11.3 Å². The molecule has 1 saturated carbocycles. The van der Waals surface area contributed by atoms with Gasteiger partial charge in [0, 0.05) is 18.5 Å². The summed E-state index contributed by atoms with van der Waals surface area (Å²) in [5, 5.41) is 0. The molecular weight excluding hydrogens is 366 g/mol. The molecule has 4 rings (SSSR count). The second-order valence-electron chi connectivity index (χ2n) is 7.21. The summed E-state index contributed by atoms with van der Waals surface area (Å²) in [6.07, 6.45) is 1.54. The van der Waals surface area contributed by atoms with Gasteiger partial charge in [-0.2, -0.15) is 4.31 Å². The van der Waals surface area contributed by atoms with Crippen molar-refractivity contribution >= 4 is 21.6 Å². The SMILES string of the molecule is C=C(c1ccco1)[C@@]12CN(S(=O)(=O)c3ccc(C)cc3)C[C@@H]1[C@H]2C(=O)OC. The number of esters is 1. The van der Waals surface area contributed by atoms with E-state index < -0.39 is 21.4 Å². The number of hydrogen-bond donors (Lipinski definition) is 0. The van der Waals surface area contributed by atoms with Gasteiger partial charge in [0.15, 0.2) is 0 Å². The summed E-state index contributed by atoms with van der Waals surface area (Å²) in [5.74, 6) is -0.326. The van der Waals surface area contributed by atoms with Gasteiger partial charge in [0.1, 0.15) is 5.76 Å². The molecule has 0 amide bonds. The molecule has 2 heterocycles. The van der Waals surface area contributed by atoms with Crippen LogP contribution in [0.5, 0.6) is 0 Å². The predicted octanol–water partition coefficient (Wildman–Crippen LogP) is 2.71. The fourth-order valence-corrected chi connectivity index (χ4v) is 5.83. The zero-order valence-corrected chi connectivity index (χ0v) is 16.0. The Morgan fingerprint density at radius 3 is 2.59 bits per heavy atom. The number of methoxy groups -OCH3 is 1. The van der Waals surface area contributed by atoms with E-state index in [9.17, 15) is 13.2 Å². The maximum absolute atomic E-state index is 13.1. The minimum absolute atomic E-state index is 0.164. The largest absolute Gasteiger partial charge is 0.469 e. The van der Waals surface area contributed by atoms with E-state index in [0.717, 1.165) is 5.56 Å². The average molecular weight is 387 g/mol. The van der Waals surface area contributed by atoms with Gasteiger partial charge < -0.3 is 9.15 Å². The molecule has 3 atom stereocenters. The molecule has 142 valence electrons. The molecule has 27 heavy (non-hydrogen) atoms. The van der Waals surface area contributed by atoms with Crippen LogP contribution in [0.15, 0.2) is 58.6 Å². The lowest BCUT2D eigenvalue weighted by Crippen LogP contribution is -2.35. The van der Waals surface area contributed by atoms with Gasteiger partial charge in [0.25, 0.3) is 0 Å². The van der Waals surface area contributed by atoms with Crippen LogP contribution in [0, 0.1) is 24.2 Å². The van der Waals surface area contributed by atoms with Crippen molar-refractivity contribution < 1.29 is 22.4 Å². The van der Waals surface area contributed by atoms with Gasteiger partial charge in [-0.1, -0.05) is 24.3 Å². The molecule has 7 heteroatoms. The smallest absolute Gasteiger partial charge is 0.309 e. The summed E-state index contributed by atoms with van der Waals surface area (Å²) >= 11 is 0. The van der Waals surface area contributed by atoms with Crippen molar-refractivity contribution in [1.29, 1.82) is 0 Å². The van der Waals surface area contributed by atoms with E-state index in [1.807, 2.05) is 6.92 Å². The summed E-state index contributed by atoms with van der Waals surface area (Å²) < 4.78 is 38.0. The maximum atomic E-state index is 13.1. The van der Waals surface area contributed by atoms with E-state index in [1.165, 1.54) is 17.7 Å². The Kier molecular flexibility index (Phi) is 4.05. The van der Waals surface area contributed by atoms with Gasteiger partial charge >= 0.3 is 5.97 Å². The highest BCUT2D eigenvalue weighted by atomic mass is 32.2. The molecule has 0 unspecified atom stereocenters. The van der Waals surface area contributed by atoms with Crippen LogP contribution in [0.3, 0.4) is 0 Å². The number of sulfonamides is 1. The van der Waals surface area contributed by atoms with Gasteiger partial charge in [-0.15, -0.1) is 0 Å². The molecule has 0 spiro atoms. The van der Waals surface area contributed by atoms with Gasteiger partial charge in [0.2, 0.25) is 10.0 Å². The number of furan rings is 1. The van der Waals surface area contributed by atoms with E-state index in [-0.39, 0.29) is 29.9 Å². The fourth-order valence-electron chi connectivity index (χ4n) is 4.31. The lowest BCUT2D eigenvalue weighted by molar-refractivity contribution is -0.143. The van der Waals surface area contributed by atoms with E-state index in [1.54, 1.807) is 36.4 Å². The highest BCUT2D eigenvalue weighted by Crippen LogP contribution is 2.69. The van der Waals surface area contributed by atoms with E-state index in [4.69, 9.17) is 9.15 Å². The number of carbonyl (C=O) groups excluding carboxylic acids is 1. The Labute approximate surface area is 158 Å². The summed E-state index contributed by atoms with van der Waals surface area (Å²) in [6, 6.07) is 10.3. The molecule has 0 radical (unpaired) electrons. The first-order valence-electron chi connectivity index (χ1n) is 8.70. The van der Waals surface area contributed by atoms with Crippen LogP contribution in [-0.4, -0.2) is 38.9 Å². The molecule has 0 bridgehead atoms. The third kappa shape index (κ3) is 2.56. The zero-order valence-electron chi connectivity index (χ0n) is 15.2. The predicted molar refractivity (Wildman–Crippen MR) is 99.1 cm³/mol. The molecule has 1 aromatic heterocycles. The van der Waals surface area contributed by atoms with Crippen LogP contribution in [0.4, 0.5) is 0 Å². The van der Waals surface area contributed by atoms with Crippen molar-refractivity contribution in [2.24, 2.45) is 17.3 Å². The van der Waals surface area contributed by atoms with Crippen molar-refractivity contribution in [3.8, 4) is 0 Å². The van der Waals surface area contributed by atoms with Crippen molar-refractivity contribution in [3.63, 3.8) is 0 Å². The third-order valence-corrected chi connectivity index (χ3v) is 7.67. The number of piperidine rings is 1. The molecule has 2 aliphatic rings. The number of hydrogen-bond acceptors (Lipinski definition) is 5. The quantitative estimate of drug-likeness (QED) is 0.738. The maximum Gasteiger partial charge on any atom is 0.309 e. The lowest BCUT2D eigenvalue weighted by atomic mass is 9.92. The zero-order chi connectivity index (χ0) is 19.4. The van der Waals surface area contributed by atoms with Gasteiger partial charge in [-0.05, 0) is 42.7 Å². The van der Waals surface area contributed by atoms with Crippen molar-refractivity contribution in [2.75, 3.05) is 20.2 Å². The molecular formula is C20H21NO5S. The normalized spacial score (nSPS) is 27.2. The van der Waals surface area contributed by atoms with Crippen LogP contribution >= 0.6 is 0 Å². The number of benzene rings is 1. The van der Waals surface area contributed by atoms with Crippen molar-refractivity contribution in [1.82, 2.24) is 4.31 Å². The van der Waals surface area contributed by atoms with Crippen LogP contribution in [0.2, 0.25) is 0 Å². The number of aryl methyl sites for hydroxylation is 1. The summed E-state index contributed by atoms with van der Waals surface area (Å²) in [4.78, 5) is 12.5. The Morgan fingerprint density at radius 1 is 1.30 bits per heavy atom. The Hall–Kier alpha value is -2.38. The topological polar surface area (TPSA) is 76.8 Å². The highest BCUT2D eigenvalue weighted by Gasteiger charge is 2.75. The number of nitrogens with zero attached hydrogens (tertiary/aromatic N) is 1. The third-order valence-electron chi connectivity index (χ3n) is 5.84. The van der Waals surface area contributed by atoms with Crippen LogP contribution in [0.25, 0.3) is 5.57 Å². The number of ether oxygens (including phenoxy) is 1. The molecule has 1 aliphatic heterocycles. The van der Waals surface area contributed by atoms with Gasteiger partial charge in [-0.25, -0.2) is 8.42 Å².